The second-order valence-corrected chi connectivity index (χ2v) is 7.98. The van der Waals surface area contributed by atoms with E-state index in [4.69, 9.17) is 11.5 Å². The molecule has 0 fully saturated rings. The predicted molar refractivity (Wildman–Crippen MR) is 122 cm³/mol. The Balaban J connectivity index is 1.91. The molecule has 0 radical (unpaired) electrons. The Morgan fingerprint density at radius 1 is 0.800 bits per heavy atom. The Morgan fingerprint density at radius 2 is 1.33 bits per heavy atom. The minimum absolute atomic E-state index is 0.185. The minimum Gasteiger partial charge on any atom is -0.369 e. The van der Waals surface area contributed by atoms with Crippen LogP contribution in [-0.2, 0) is 29.5 Å². The monoisotopic (exact) mass is 397 g/mol. The van der Waals surface area contributed by atoms with E-state index in [1.807, 2.05) is 36.4 Å². The Bertz CT molecular complexity index is 1090. The van der Waals surface area contributed by atoms with Crippen LogP contribution in [0.5, 0.6) is 0 Å². The number of amides is 1. The molecule has 1 aromatic heterocycles. The Morgan fingerprint density at radius 3 is 1.87 bits per heavy atom. The molecule has 0 bridgehead atoms. The van der Waals surface area contributed by atoms with Crippen molar-refractivity contribution < 1.29 is 4.79 Å². The zero-order valence-electron chi connectivity index (χ0n) is 17.0. The van der Waals surface area contributed by atoms with E-state index >= 15 is 0 Å². The van der Waals surface area contributed by atoms with Crippen molar-refractivity contribution in [2.75, 3.05) is 6.54 Å². The lowest BCUT2D eigenvalue weighted by Gasteiger charge is -2.34. The van der Waals surface area contributed by atoms with Crippen LogP contribution in [-0.4, -0.2) is 17.4 Å². The molecule has 152 valence electrons. The molecule has 0 aliphatic rings. The standard InChI is InChI=1S/C26H27N3O/c27-18-26(16-19-9-3-1-4-10-19,17-20-11-5-2-6-12-20)25-22(15-24(28)30)21-13-7-8-14-23(21)29-25/h1-14,29H,15-18,27H2,(H2,28,30). The minimum atomic E-state index is -0.396. The number of rotatable bonds is 8. The second kappa shape index (κ2) is 8.56. The van der Waals surface area contributed by atoms with Crippen molar-refractivity contribution in [2.45, 2.75) is 24.7 Å². The Kier molecular flexibility index (Phi) is 5.68. The van der Waals surface area contributed by atoms with E-state index in [9.17, 15) is 4.79 Å². The number of H-pyrrole nitrogens is 1. The van der Waals surface area contributed by atoms with Crippen LogP contribution >= 0.6 is 0 Å². The summed E-state index contributed by atoms with van der Waals surface area (Å²) in [5.74, 6) is -0.341. The molecular formula is C26H27N3O. The fourth-order valence-electron chi connectivity index (χ4n) is 4.47. The average Bonchev–Trinajstić information content (AvgIpc) is 3.13. The number of aromatic nitrogens is 1. The highest BCUT2D eigenvalue weighted by molar-refractivity contribution is 5.90. The van der Waals surface area contributed by atoms with Gasteiger partial charge in [-0.3, -0.25) is 4.79 Å². The second-order valence-electron chi connectivity index (χ2n) is 7.98. The van der Waals surface area contributed by atoms with E-state index in [0.29, 0.717) is 6.54 Å². The van der Waals surface area contributed by atoms with E-state index in [0.717, 1.165) is 35.0 Å². The molecule has 0 saturated heterocycles. The first-order valence-electron chi connectivity index (χ1n) is 10.3. The van der Waals surface area contributed by atoms with Gasteiger partial charge >= 0.3 is 0 Å². The number of hydrogen-bond donors (Lipinski definition) is 3. The fourth-order valence-corrected chi connectivity index (χ4v) is 4.47. The van der Waals surface area contributed by atoms with Crippen LogP contribution in [0.15, 0.2) is 84.9 Å². The van der Waals surface area contributed by atoms with Gasteiger partial charge in [-0.25, -0.2) is 0 Å². The molecule has 3 aromatic carbocycles. The first kappa shape index (κ1) is 19.9. The Hall–Kier alpha value is -3.37. The molecular weight excluding hydrogens is 370 g/mol. The van der Waals surface area contributed by atoms with E-state index in [-0.39, 0.29) is 12.3 Å². The summed E-state index contributed by atoms with van der Waals surface area (Å²) < 4.78 is 0. The summed E-state index contributed by atoms with van der Waals surface area (Å²) in [7, 11) is 0. The number of benzene rings is 3. The summed E-state index contributed by atoms with van der Waals surface area (Å²) in [6.07, 6.45) is 1.71. The summed E-state index contributed by atoms with van der Waals surface area (Å²) in [6, 6.07) is 28.8. The maximum Gasteiger partial charge on any atom is 0.221 e. The number of carbonyl (C=O) groups excluding carboxylic acids is 1. The quantitative estimate of drug-likeness (QED) is 0.421. The first-order valence-corrected chi connectivity index (χ1v) is 10.3. The van der Waals surface area contributed by atoms with Crippen LogP contribution in [0, 0.1) is 0 Å². The lowest BCUT2D eigenvalue weighted by Crippen LogP contribution is -2.41. The van der Waals surface area contributed by atoms with Crippen LogP contribution in [0.1, 0.15) is 22.4 Å². The zero-order valence-corrected chi connectivity index (χ0v) is 17.0. The molecule has 30 heavy (non-hydrogen) atoms. The van der Waals surface area contributed by atoms with Crippen molar-refractivity contribution in [1.82, 2.24) is 4.98 Å². The number of para-hydroxylation sites is 1. The molecule has 4 rings (SSSR count). The summed E-state index contributed by atoms with van der Waals surface area (Å²) in [5, 5.41) is 1.03. The molecule has 4 heteroatoms. The van der Waals surface area contributed by atoms with Gasteiger partial charge < -0.3 is 16.5 Å². The Labute approximate surface area is 176 Å². The average molecular weight is 398 g/mol. The van der Waals surface area contributed by atoms with Crippen LogP contribution in [0.3, 0.4) is 0 Å². The van der Waals surface area contributed by atoms with Gasteiger partial charge in [0.1, 0.15) is 0 Å². The smallest absolute Gasteiger partial charge is 0.221 e. The van der Waals surface area contributed by atoms with Gasteiger partial charge in [0.15, 0.2) is 0 Å². The van der Waals surface area contributed by atoms with Crippen molar-refractivity contribution in [2.24, 2.45) is 11.5 Å². The summed E-state index contributed by atoms with van der Waals surface area (Å²) in [4.78, 5) is 15.6. The van der Waals surface area contributed by atoms with Gasteiger partial charge in [0.2, 0.25) is 5.91 Å². The summed E-state index contributed by atoms with van der Waals surface area (Å²) in [5.41, 5.74) is 17.2. The molecule has 0 unspecified atom stereocenters. The molecule has 0 spiro atoms. The highest BCUT2D eigenvalue weighted by Crippen LogP contribution is 2.37. The van der Waals surface area contributed by atoms with E-state index < -0.39 is 5.41 Å². The zero-order chi connectivity index (χ0) is 21.0. The molecule has 0 aliphatic heterocycles. The third-order valence-electron chi connectivity index (χ3n) is 5.86. The van der Waals surface area contributed by atoms with Crippen LogP contribution in [0.4, 0.5) is 0 Å². The number of hydrogen-bond acceptors (Lipinski definition) is 2. The van der Waals surface area contributed by atoms with Crippen LogP contribution in [0.25, 0.3) is 10.9 Å². The fraction of sp³-hybridized carbons (Fsp3) is 0.192. The molecule has 1 amide bonds. The summed E-state index contributed by atoms with van der Waals surface area (Å²) in [6.45, 7) is 0.440. The lowest BCUT2D eigenvalue weighted by molar-refractivity contribution is -0.117. The molecule has 0 aliphatic carbocycles. The maximum atomic E-state index is 12.0. The van der Waals surface area contributed by atoms with Crippen molar-refractivity contribution in [3.63, 3.8) is 0 Å². The molecule has 1 heterocycles. The number of carbonyl (C=O) groups is 1. The molecule has 4 aromatic rings. The SMILES string of the molecule is NCC(Cc1ccccc1)(Cc1ccccc1)c1[nH]c2ccccc2c1CC(N)=O. The van der Waals surface area contributed by atoms with Gasteiger partial charge in [-0.1, -0.05) is 78.9 Å². The maximum absolute atomic E-state index is 12.0. The van der Waals surface area contributed by atoms with Crippen LogP contribution < -0.4 is 11.5 Å². The lowest BCUT2D eigenvalue weighted by atomic mass is 9.72. The largest absolute Gasteiger partial charge is 0.369 e. The van der Waals surface area contributed by atoms with E-state index in [2.05, 4.69) is 53.5 Å². The van der Waals surface area contributed by atoms with Gasteiger partial charge in [-0.15, -0.1) is 0 Å². The third kappa shape index (κ3) is 4.00. The highest BCUT2D eigenvalue weighted by atomic mass is 16.1. The van der Waals surface area contributed by atoms with Crippen LogP contribution in [0.2, 0.25) is 0 Å². The molecule has 0 saturated carbocycles. The van der Waals surface area contributed by atoms with Gasteiger partial charge in [0, 0.05) is 28.6 Å². The van der Waals surface area contributed by atoms with Gasteiger partial charge in [0.25, 0.3) is 0 Å². The predicted octanol–water partition coefficient (Wildman–Crippen LogP) is 3.88. The first-order chi connectivity index (χ1) is 14.6. The molecule has 4 nitrogen and oxygen atoms in total. The topological polar surface area (TPSA) is 84.9 Å². The van der Waals surface area contributed by atoms with E-state index in [1.54, 1.807) is 0 Å². The van der Waals surface area contributed by atoms with Crippen molar-refractivity contribution in [3.8, 4) is 0 Å². The number of aromatic amines is 1. The number of primary amides is 1. The number of fused-ring (bicyclic) bond motifs is 1. The van der Waals surface area contributed by atoms with Crippen molar-refractivity contribution >= 4 is 16.8 Å². The van der Waals surface area contributed by atoms with Gasteiger partial charge in [-0.05, 0) is 35.6 Å². The normalized spacial score (nSPS) is 11.6. The van der Waals surface area contributed by atoms with Crippen molar-refractivity contribution in [3.05, 3.63) is 107 Å². The molecule has 0 atom stereocenters. The molecule has 5 N–H and O–H groups in total. The number of nitrogens with two attached hydrogens (primary N) is 2. The van der Waals surface area contributed by atoms with Gasteiger partial charge in [0.05, 0.1) is 6.42 Å². The van der Waals surface area contributed by atoms with Gasteiger partial charge in [-0.2, -0.15) is 0 Å². The van der Waals surface area contributed by atoms with Crippen molar-refractivity contribution in [1.29, 1.82) is 0 Å². The summed E-state index contributed by atoms with van der Waals surface area (Å²) >= 11 is 0. The number of nitrogens with one attached hydrogen (secondary N) is 1. The highest BCUT2D eigenvalue weighted by Gasteiger charge is 2.36. The third-order valence-corrected chi connectivity index (χ3v) is 5.86. The van der Waals surface area contributed by atoms with E-state index in [1.165, 1.54) is 11.1 Å².